The van der Waals surface area contributed by atoms with Gasteiger partial charge in [-0.2, -0.15) is 0 Å². The summed E-state index contributed by atoms with van der Waals surface area (Å²) in [5.41, 5.74) is 1.50. The van der Waals surface area contributed by atoms with Gasteiger partial charge in [-0.05, 0) is 73.1 Å². The van der Waals surface area contributed by atoms with Crippen molar-refractivity contribution in [1.29, 1.82) is 0 Å². The van der Waals surface area contributed by atoms with E-state index in [0.717, 1.165) is 47.0 Å². The van der Waals surface area contributed by atoms with Crippen molar-refractivity contribution in [2.45, 2.75) is 39.5 Å². The first-order chi connectivity index (χ1) is 9.99. The Labute approximate surface area is 138 Å². The molecule has 3 rings (SSSR count). The van der Waals surface area contributed by atoms with Crippen molar-refractivity contribution in [2.24, 2.45) is 23.2 Å². The van der Waals surface area contributed by atoms with Gasteiger partial charge >= 0.3 is 0 Å². The molecule has 0 aliphatic heterocycles. The summed E-state index contributed by atoms with van der Waals surface area (Å²) in [5.74, 6) is 2.63. The smallest absolute Gasteiger partial charge is 0.0453 e. The van der Waals surface area contributed by atoms with Crippen molar-refractivity contribution in [2.75, 3.05) is 13.1 Å². The lowest BCUT2D eigenvalue weighted by Crippen LogP contribution is -2.37. The van der Waals surface area contributed by atoms with Crippen molar-refractivity contribution in [3.8, 4) is 0 Å². The van der Waals surface area contributed by atoms with Crippen LogP contribution in [0.3, 0.4) is 0 Å². The molecule has 3 heteroatoms. The van der Waals surface area contributed by atoms with Gasteiger partial charge in [-0.15, -0.1) is 0 Å². The summed E-state index contributed by atoms with van der Waals surface area (Å²) in [7, 11) is 0. The number of rotatable bonds is 6. The number of nitrogens with one attached hydrogen (secondary N) is 1. The van der Waals surface area contributed by atoms with Crippen LogP contribution in [-0.2, 0) is 6.42 Å². The lowest BCUT2D eigenvalue weighted by atomic mass is 9.77. The summed E-state index contributed by atoms with van der Waals surface area (Å²) < 4.78 is 0. The van der Waals surface area contributed by atoms with Crippen LogP contribution in [0.1, 0.15) is 38.7 Å². The fourth-order valence-corrected chi connectivity index (χ4v) is 4.59. The first-order valence-corrected chi connectivity index (χ1v) is 8.88. The molecule has 1 N–H and O–H groups in total. The van der Waals surface area contributed by atoms with Gasteiger partial charge < -0.3 is 5.32 Å². The van der Waals surface area contributed by atoms with E-state index >= 15 is 0 Å². The molecule has 1 aromatic rings. The minimum Gasteiger partial charge on any atom is -0.316 e. The maximum atomic E-state index is 6.40. The number of halogens is 2. The summed E-state index contributed by atoms with van der Waals surface area (Å²) >= 11 is 12.8. The molecule has 0 radical (unpaired) electrons. The summed E-state index contributed by atoms with van der Waals surface area (Å²) in [5, 5.41) is 5.33. The average molecular weight is 326 g/mol. The Morgan fingerprint density at radius 1 is 1.19 bits per heavy atom. The predicted octanol–water partition coefficient (Wildman–Crippen LogP) is 5.20. The first-order valence-electron chi connectivity index (χ1n) is 8.13. The fourth-order valence-electron chi connectivity index (χ4n) is 4.06. The maximum Gasteiger partial charge on any atom is 0.0453 e. The van der Waals surface area contributed by atoms with Gasteiger partial charge in [-0.3, -0.25) is 0 Å². The van der Waals surface area contributed by atoms with Crippen LogP contribution in [0.4, 0.5) is 0 Å². The van der Waals surface area contributed by atoms with Crippen LogP contribution in [0.25, 0.3) is 0 Å². The van der Waals surface area contributed by atoms with E-state index in [4.69, 9.17) is 23.2 Å². The molecular formula is C18H25Cl2N. The van der Waals surface area contributed by atoms with Crippen LogP contribution in [0.5, 0.6) is 0 Å². The highest BCUT2D eigenvalue weighted by atomic mass is 35.5. The van der Waals surface area contributed by atoms with Crippen LogP contribution in [0.15, 0.2) is 18.2 Å². The molecule has 0 aromatic heterocycles. The summed E-state index contributed by atoms with van der Waals surface area (Å²) in [6.45, 7) is 6.71. The molecule has 1 aromatic carbocycles. The Kier molecular flexibility index (Phi) is 4.55. The fraction of sp³-hybridized carbons (Fsp3) is 0.667. The predicted molar refractivity (Wildman–Crippen MR) is 91.1 cm³/mol. The number of hydrogen-bond donors (Lipinski definition) is 1. The van der Waals surface area contributed by atoms with Crippen molar-refractivity contribution in [1.82, 2.24) is 5.32 Å². The van der Waals surface area contributed by atoms with Gasteiger partial charge in [-0.25, -0.2) is 0 Å². The van der Waals surface area contributed by atoms with E-state index in [2.05, 4.69) is 19.2 Å². The molecule has 0 amide bonds. The molecule has 2 unspecified atom stereocenters. The molecule has 2 saturated carbocycles. The second-order valence-electron chi connectivity index (χ2n) is 7.57. The third-order valence-electron chi connectivity index (χ3n) is 5.13. The second-order valence-corrected chi connectivity index (χ2v) is 8.38. The van der Waals surface area contributed by atoms with Crippen LogP contribution in [0, 0.1) is 23.2 Å². The monoisotopic (exact) mass is 325 g/mol. The van der Waals surface area contributed by atoms with Crippen LogP contribution in [-0.4, -0.2) is 13.1 Å². The SMILES string of the molecule is CC(C)CNCC1(Cc2c(Cl)cccc2Cl)CC2CC2C1. The minimum atomic E-state index is 0.358. The van der Waals surface area contributed by atoms with Crippen molar-refractivity contribution in [3.63, 3.8) is 0 Å². The molecule has 0 saturated heterocycles. The quantitative estimate of drug-likeness (QED) is 0.758. The van der Waals surface area contributed by atoms with E-state index in [9.17, 15) is 0 Å². The van der Waals surface area contributed by atoms with Gasteiger partial charge in [-0.1, -0.05) is 43.1 Å². The zero-order chi connectivity index (χ0) is 15.0. The summed E-state index contributed by atoms with van der Waals surface area (Å²) in [6, 6.07) is 5.87. The molecule has 0 heterocycles. The Hall–Kier alpha value is -0.240. The van der Waals surface area contributed by atoms with Gasteiger partial charge in [0.15, 0.2) is 0 Å². The van der Waals surface area contributed by atoms with Crippen molar-refractivity contribution < 1.29 is 0 Å². The van der Waals surface area contributed by atoms with E-state index in [-0.39, 0.29) is 0 Å². The molecule has 116 valence electrons. The molecule has 0 bridgehead atoms. The lowest BCUT2D eigenvalue weighted by molar-refractivity contribution is 0.245. The van der Waals surface area contributed by atoms with E-state index in [1.807, 2.05) is 18.2 Å². The van der Waals surface area contributed by atoms with Crippen LogP contribution < -0.4 is 5.32 Å². The summed E-state index contributed by atoms with van der Waals surface area (Å²) in [4.78, 5) is 0. The Bertz CT molecular complexity index is 482. The number of hydrogen-bond acceptors (Lipinski definition) is 1. The highest BCUT2D eigenvalue weighted by Crippen LogP contribution is 2.61. The Balaban J connectivity index is 1.73. The minimum absolute atomic E-state index is 0.358. The number of benzene rings is 1. The van der Waals surface area contributed by atoms with Crippen molar-refractivity contribution in [3.05, 3.63) is 33.8 Å². The maximum absolute atomic E-state index is 6.40. The van der Waals surface area contributed by atoms with E-state index in [1.165, 1.54) is 19.3 Å². The normalized spacial score (nSPS) is 30.7. The molecule has 2 aliphatic rings. The topological polar surface area (TPSA) is 12.0 Å². The van der Waals surface area contributed by atoms with E-state index < -0.39 is 0 Å². The Morgan fingerprint density at radius 3 is 2.38 bits per heavy atom. The largest absolute Gasteiger partial charge is 0.316 e. The van der Waals surface area contributed by atoms with Gasteiger partial charge in [0.05, 0.1) is 0 Å². The molecular weight excluding hydrogens is 301 g/mol. The van der Waals surface area contributed by atoms with E-state index in [1.54, 1.807) is 0 Å². The standard InChI is InChI=1S/C18H25Cl2N/c1-12(2)10-21-11-18(7-13-6-14(13)8-18)9-15-16(19)4-3-5-17(15)20/h3-5,12-14,21H,6-11H2,1-2H3. The third-order valence-corrected chi connectivity index (χ3v) is 5.83. The summed E-state index contributed by atoms with van der Waals surface area (Å²) in [6.07, 6.45) is 5.14. The van der Waals surface area contributed by atoms with Gasteiger partial charge in [0, 0.05) is 16.6 Å². The Morgan fingerprint density at radius 2 is 1.81 bits per heavy atom. The molecule has 2 atom stereocenters. The van der Waals surface area contributed by atoms with Crippen LogP contribution >= 0.6 is 23.2 Å². The van der Waals surface area contributed by atoms with E-state index in [0.29, 0.717) is 11.3 Å². The third kappa shape index (κ3) is 3.57. The highest BCUT2D eigenvalue weighted by Gasteiger charge is 2.53. The number of fused-ring (bicyclic) bond motifs is 1. The molecule has 21 heavy (non-hydrogen) atoms. The zero-order valence-electron chi connectivity index (χ0n) is 13.0. The van der Waals surface area contributed by atoms with Gasteiger partial charge in [0.1, 0.15) is 0 Å². The zero-order valence-corrected chi connectivity index (χ0v) is 14.5. The molecule has 2 fully saturated rings. The average Bonchev–Trinajstić information content (AvgIpc) is 3.02. The first kappa shape index (κ1) is 15.6. The molecule has 2 aliphatic carbocycles. The van der Waals surface area contributed by atoms with Crippen LogP contribution in [0.2, 0.25) is 10.0 Å². The van der Waals surface area contributed by atoms with Gasteiger partial charge in [0.25, 0.3) is 0 Å². The van der Waals surface area contributed by atoms with Gasteiger partial charge in [0.2, 0.25) is 0 Å². The molecule has 1 nitrogen and oxygen atoms in total. The second kappa shape index (κ2) is 6.10. The molecule has 0 spiro atoms. The van der Waals surface area contributed by atoms with Crippen molar-refractivity contribution >= 4 is 23.2 Å². The lowest BCUT2D eigenvalue weighted by Gasteiger charge is -2.32. The highest BCUT2D eigenvalue weighted by molar-refractivity contribution is 6.36.